The van der Waals surface area contributed by atoms with E-state index in [1.165, 1.54) is 24.4 Å². The molecule has 22 heavy (non-hydrogen) atoms. The molecule has 7 heteroatoms. The van der Waals surface area contributed by atoms with Gasteiger partial charge in [-0.3, -0.25) is 4.79 Å². The van der Waals surface area contributed by atoms with Crippen molar-refractivity contribution in [2.24, 2.45) is 7.05 Å². The molecule has 0 atom stereocenters. The third-order valence-corrected chi connectivity index (χ3v) is 3.02. The van der Waals surface area contributed by atoms with Gasteiger partial charge in [0.1, 0.15) is 12.4 Å². The van der Waals surface area contributed by atoms with E-state index in [2.05, 4.69) is 0 Å². The predicted octanol–water partition coefficient (Wildman–Crippen LogP) is 3.37. The van der Waals surface area contributed by atoms with Crippen molar-refractivity contribution in [2.75, 3.05) is 6.54 Å². The Balaban J connectivity index is 2.22. The van der Waals surface area contributed by atoms with Crippen LogP contribution in [0.3, 0.4) is 0 Å². The molecule has 1 heterocycles. The zero-order chi connectivity index (χ0) is 16.3. The molecule has 0 bridgehead atoms. The minimum absolute atomic E-state index is 0.175. The second-order valence-electron chi connectivity index (χ2n) is 4.97. The molecule has 0 aliphatic carbocycles. The van der Waals surface area contributed by atoms with E-state index < -0.39 is 24.4 Å². The first-order valence-corrected chi connectivity index (χ1v) is 6.47. The zero-order valence-electron chi connectivity index (χ0n) is 11.8. The normalized spacial score (nSPS) is 11.5. The highest BCUT2D eigenvalue weighted by atomic mass is 19.4. The van der Waals surface area contributed by atoms with E-state index in [0.717, 1.165) is 12.1 Å². The number of rotatable bonds is 4. The van der Waals surface area contributed by atoms with Crippen molar-refractivity contribution in [3.05, 3.63) is 59.7 Å². The number of aromatic nitrogens is 1. The number of hydrogen-bond donors (Lipinski definition) is 0. The van der Waals surface area contributed by atoms with Crippen LogP contribution in [0, 0.1) is 5.82 Å². The maximum Gasteiger partial charge on any atom is 0.406 e. The minimum Gasteiger partial charge on any atom is -0.356 e. The lowest BCUT2D eigenvalue weighted by Crippen LogP contribution is -2.38. The molecule has 0 N–H and O–H groups in total. The first-order chi connectivity index (χ1) is 10.2. The predicted molar refractivity (Wildman–Crippen MR) is 72.6 cm³/mol. The average molecular weight is 314 g/mol. The molecule has 0 saturated heterocycles. The molecule has 2 rings (SSSR count). The van der Waals surface area contributed by atoms with Gasteiger partial charge in [-0.25, -0.2) is 4.39 Å². The Labute approximate surface area is 124 Å². The summed E-state index contributed by atoms with van der Waals surface area (Å²) in [7, 11) is 1.67. The van der Waals surface area contributed by atoms with Crippen molar-refractivity contribution in [3.8, 4) is 0 Å². The zero-order valence-corrected chi connectivity index (χ0v) is 11.8. The maximum atomic E-state index is 12.9. The van der Waals surface area contributed by atoms with Gasteiger partial charge in [-0.05, 0) is 23.8 Å². The van der Waals surface area contributed by atoms with Crippen LogP contribution in [-0.4, -0.2) is 28.1 Å². The molecule has 0 aliphatic rings. The molecule has 1 aromatic heterocycles. The second-order valence-corrected chi connectivity index (χ2v) is 4.97. The number of halogens is 4. The summed E-state index contributed by atoms with van der Waals surface area (Å²) in [6.07, 6.45) is -1.47. The first kappa shape index (κ1) is 16.1. The Morgan fingerprint density at radius 3 is 2.32 bits per heavy atom. The highest BCUT2D eigenvalue weighted by molar-refractivity contribution is 5.94. The summed E-state index contributed by atoms with van der Waals surface area (Å²) >= 11 is 0. The smallest absolute Gasteiger partial charge is 0.356 e. The van der Waals surface area contributed by atoms with Gasteiger partial charge in [0.2, 0.25) is 0 Å². The van der Waals surface area contributed by atoms with Crippen LogP contribution in [0.4, 0.5) is 17.6 Å². The molecule has 0 spiro atoms. The number of carbonyl (C=O) groups excluding carboxylic acids is 1. The number of nitrogens with zero attached hydrogens (tertiary/aromatic N) is 2. The highest BCUT2D eigenvalue weighted by Gasteiger charge is 2.33. The monoisotopic (exact) mass is 314 g/mol. The molecule has 0 unspecified atom stereocenters. The number of aryl methyl sites for hydroxylation is 1. The first-order valence-electron chi connectivity index (χ1n) is 6.47. The van der Waals surface area contributed by atoms with Crippen LogP contribution in [0.5, 0.6) is 0 Å². The van der Waals surface area contributed by atoms with E-state index in [9.17, 15) is 22.4 Å². The van der Waals surface area contributed by atoms with Crippen molar-refractivity contribution in [2.45, 2.75) is 12.7 Å². The Morgan fingerprint density at radius 1 is 1.18 bits per heavy atom. The Bertz CT molecular complexity index is 646. The average Bonchev–Trinajstić information content (AvgIpc) is 2.85. The quantitative estimate of drug-likeness (QED) is 0.794. The Morgan fingerprint density at radius 2 is 1.82 bits per heavy atom. The highest BCUT2D eigenvalue weighted by Crippen LogP contribution is 2.20. The van der Waals surface area contributed by atoms with Gasteiger partial charge in [0.05, 0.1) is 5.56 Å². The molecule has 1 aromatic carbocycles. The largest absolute Gasteiger partial charge is 0.406 e. The number of alkyl halides is 3. The Kier molecular flexibility index (Phi) is 4.54. The van der Waals surface area contributed by atoms with E-state index in [1.807, 2.05) is 0 Å². The topological polar surface area (TPSA) is 25.2 Å². The van der Waals surface area contributed by atoms with Crippen molar-refractivity contribution in [1.82, 2.24) is 9.47 Å². The van der Waals surface area contributed by atoms with E-state index in [0.29, 0.717) is 10.5 Å². The Hall–Kier alpha value is -2.31. The van der Waals surface area contributed by atoms with Crippen molar-refractivity contribution in [1.29, 1.82) is 0 Å². The fourth-order valence-corrected chi connectivity index (χ4v) is 2.04. The van der Waals surface area contributed by atoms with Crippen LogP contribution in [-0.2, 0) is 13.6 Å². The lowest BCUT2D eigenvalue weighted by atomic mass is 10.2. The SMILES string of the molecule is Cn1ccc(C(=O)N(Cc2ccc(F)cc2)CC(F)(F)F)c1. The third-order valence-electron chi connectivity index (χ3n) is 3.02. The molecule has 0 radical (unpaired) electrons. The van der Waals surface area contributed by atoms with E-state index in [-0.39, 0.29) is 12.1 Å². The number of hydrogen-bond acceptors (Lipinski definition) is 1. The van der Waals surface area contributed by atoms with Crippen molar-refractivity contribution >= 4 is 5.91 Å². The second kappa shape index (κ2) is 6.21. The van der Waals surface area contributed by atoms with Gasteiger partial charge in [-0.2, -0.15) is 13.2 Å². The summed E-state index contributed by atoms with van der Waals surface area (Å²) in [5.41, 5.74) is 0.601. The molecular formula is C15H14F4N2O. The molecule has 3 nitrogen and oxygen atoms in total. The fourth-order valence-electron chi connectivity index (χ4n) is 2.04. The van der Waals surface area contributed by atoms with E-state index >= 15 is 0 Å². The fraction of sp³-hybridized carbons (Fsp3) is 0.267. The van der Waals surface area contributed by atoms with Gasteiger partial charge in [-0.1, -0.05) is 12.1 Å². The summed E-state index contributed by atoms with van der Waals surface area (Å²) in [6, 6.07) is 6.46. The number of amides is 1. The third kappa shape index (κ3) is 4.34. The van der Waals surface area contributed by atoms with E-state index in [4.69, 9.17) is 0 Å². The summed E-state index contributed by atoms with van der Waals surface area (Å²) in [5, 5.41) is 0. The number of benzene rings is 1. The van der Waals surface area contributed by atoms with Crippen LogP contribution in [0.25, 0.3) is 0 Å². The maximum absolute atomic E-state index is 12.9. The molecule has 0 aliphatic heterocycles. The summed E-state index contributed by atoms with van der Waals surface area (Å²) in [6.45, 7) is -1.61. The van der Waals surface area contributed by atoms with Gasteiger partial charge in [0.15, 0.2) is 0 Å². The standard InChI is InChI=1S/C15H14F4N2O/c1-20-7-6-12(9-20)14(22)21(10-15(17,18)19)8-11-2-4-13(16)5-3-11/h2-7,9H,8,10H2,1H3. The lowest BCUT2D eigenvalue weighted by Gasteiger charge is -2.23. The van der Waals surface area contributed by atoms with Crippen LogP contribution in [0.2, 0.25) is 0 Å². The van der Waals surface area contributed by atoms with Crippen LogP contribution in [0.15, 0.2) is 42.7 Å². The molecule has 2 aromatic rings. The molecule has 0 saturated carbocycles. The molecule has 1 amide bonds. The van der Waals surface area contributed by atoms with Gasteiger partial charge in [0.25, 0.3) is 5.91 Å². The van der Waals surface area contributed by atoms with Gasteiger partial charge < -0.3 is 9.47 Å². The summed E-state index contributed by atoms with van der Waals surface area (Å²) < 4.78 is 52.5. The van der Waals surface area contributed by atoms with E-state index in [1.54, 1.807) is 17.8 Å². The number of carbonyl (C=O) groups is 1. The molecule has 0 fully saturated rings. The lowest BCUT2D eigenvalue weighted by molar-refractivity contribution is -0.141. The van der Waals surface area contributed by atoms with Crippen molar-refractivity contribution in [3.63, 3.8) is 0 Å². The van der Waals surface area contributed by atoms with Crippen molar-refractivity contribution < 1.29 is 22.4 Å². The van der Waals surface area contributed by atoms with Gasteiger partial charge in [0, 0.05) is 26.0 Å². The molecular weight excluding hydrogens is 300 g/mol. The van der Waals surface area contributed by atoms with Crippen LogP contribution < -0.4 is 0 Å². The minimum atomic E-state index is -4.51. The van der Waals surface area contributed by atoms with Gasteiger partial charge in [-0.15, -0.1) is 0 Å². The summed E-state index contributed by atoms with van der Waals surface area (Å²) in [5.74, 6) is -1.21. The summed E-state index contributed by atoms with van der Waals surface area (Å²) in [4.78, 5) is 12.9. The van der Waals surface area contributed by atoms with Crippen LogP contribution in [0.1, 0.15) is 15.9 Å². The van der Waals surface area contributed by atoms with Gasteiger partial charge >= 0.3 is 6.18 Å². The van der Waals surface area contributed by atoms with Crippen LogP contribution >= 0.6 is 0 Å². The molecule has 118 valence electrons.